The molecule has 0 amide bonds. The molecule has 0 aliphatic heterocycles. The van der Waals surface area contributed by atoms with Gasteiger partial charge in [0.2, 0.25) is 0 Å². The summed E-state index contributed by atoms with van der Waals surface area (Å²) in [5.74, 6) is 1.27. The summed E-state index contributed by atoms with van der Waals surface area (Å²) in [6, 6.07) is 9.34. The van der Waals surface area contributed by atoms with Gasteiger partial charge in [-0.25, -0.2) is 4.39 Å². The number of aliphatic hydroxyl groups is 1. The van der Waals surface area contributed by atoms with Gasteiger partial charge in [0, 0.05) is 18.4 Å². The number of aliphatic hydroxyl groups excluding tert-OH is 1. The molecule has 1 heterocycles. The molecule has 2 aromatic rings. The molecule has 1 saturated carbocycles. The van der Waals surface area contributed by atoms with Crippen molar-refractivity contribution in [2.75, 3.05) is 6.61 Å². The lowest BCUT2D eigenvalue weighted by Crippen LogP contribution is -2.13. The fourth-order valence-electron chi connectivity index (χ4n) is 4.31. The van der Waals surface area contributed by atoms with Crippen LogP contribution in [-0.4, -0.2) is 16.7 Å². The van der Waals surface area contributed by atoms with Crippen molar-refractivity contribution in [3.05, 3.63) is 53.5 Å². The highest BCUT2D eigenvalue weighted by atomic mass is 19.1. The van der Waals surface area contributed by atoms with Crippen LogP contribution in [0, 0.1) is 11.7 Å². The Hall–Kier alpha value is -1.74. The largest absolute Gasteiger partial charge is 0.396 e. The molecule has 0 unspecified atom stereocenters. The standard InChI is InChI=1S/C24H32FNO/c1-2-3-4-5-18-6-8-19(9-7-18)22-12-13-24(26-17-22)21-11-10-20(14-15-27)23(25)16-21/h10-13,16-19,27H,2-9,14-15H2,1H3. The van der Waals surface area contributed by atoms with Crippen molar-refractivity contribution in [1.82, 2.24) is 4.98 Å². The summed E-state index contributed by atoms with van der Waals surface area (Å²) >= 11 is 0. The predicted molar refractivity (Wildman–Crippen MR) is 109 cm³/mol. The molecule has 1 fully saturated rings. The molecular formula is C24H32FNO. The highest BCUT2D eigenvalue weighted by molar-refractivity contribution is 5.59. The van der Waals surface area contributed by atoms with Crippen LogP contribution in [-0.2, 0) is 6.42 Å². The molecule has 1 aliphatic carbocycles. The van der Waals surface area contributed by atoms with Gasteiger partial charge in [-0.3, -0.25) is 4.98 Å². The van der Waals surface area contributed by atoms with E-state index in [0.29, 0.717) is 17.9 Å². The number of hydrogen-bond acceptors (Lipinski definition) is 2. The lowest BCUT2D eigenvalue weighted by molar-refractivity contribution is 0.297. The van der Waals surface area contributed by atoms with Gasteiger partial charge < -0.3 is 5.11 Å². The van der Waals surface area contributed by atoms with Crippen LogP contribution in [0.25, 0.3) is 11.3 Å². The Kier molecular flexibility index (Phi) is 7.40. The molecule has 0 spiro atoms. The van der Waals surface area contributed by atoms with E-state index in [1.54, 1.807) is 6.07 Å². The normalized spacial score (nSPS) is 20.0. The Labute approximate surface area is 162 Å². The highest BCUT2D eigenvalue weighted by Gasteiger charge is 2.22. The van der Waals surface area contributed by atoms with E-state index in [9.17, 15) is 4.39 Å². The molecule has 0 saturated heterocycles. The topological polar surface area (TPSA) is 33.1 Å². The summed E-state index contributed by atoms with van der Waals surface area (Å²) in [4.78, 5) is 4.60. The van der Waals surface area contributed by atoms with Crippen LogP contribution >= 0.6 is 0 Å². The quantitative estimate of drug-likeness (QED) is 0.556. The van der Waals surface area contributed by atoms with Gasteiger partial charge in [-0.1, -0.05) is 50.8 Å². The van der Waals surface area contributed by atoms with Crippen LogP contribution in [0.2, 0.25) is 0 Å². The average molecular weight is 370 g/mol. The molecule has 1 aliphatic rings. The molecule has 0 radical (unpaired) electrons. The Morgan fingerprint density at radius 1 is 1.07 bits per heavy atom. The van der Waals surface area contributed by atoms with Gasteiger partial charge in [-0.15, -0.1) is 0 Å². The minimum Gasteiger partial charge on any atom is -0.396 e. The molecule has 0 bridgehead atoms. The lowest BCUT2D eigenvalue weighted by atomic mass is 9.77. The molecular weight excluding hydrogens is 337 g/mol. The van der Waals surface area contributed by atoms with Crippen molar-refractivity contribution in [1.29, 1.82) is 0 Å². The number of nitrogens with zero attached hydrogens (tertiary/aromatic N) is 1. The molecule has 0 atom stereocenters. The van der Waals surface area contributed by atoms with Gasteiger partial charge in [0.25, 0.3) is 0 Å². The smallest absolute Gasteiger partial charge is 0.127 e. The van der Waals surface area contributed by atoms with Crippen LogP contribution in [0.4, 0.5) is 4.39 Å². The van der Waals surface area contributed by atoms with Crippen molar-refractivity contribution in [2.45, 2.75) is 70.6 Å². The zero-order valence-electron chi connectivity index (χ0n) is 16.5. The molecule has 3 rings (SSSR count). The van der Waals surface area contributed by atoms with E-state index in [-0.39, 0.29) is 12.4 Å². The number of hydrogen-bond donors (Lipinski definition) is 1. The summed E-state index contributed by atoms with van der Waals surface area (Å²) in [5.41, 5.74) is 3.47. The van der Waals surface area contributed by atoms with Crippen molar-refractivity contribution < 1.29 is 9.50 Å². The Morgan fingerprint density at radius 2 is 1.89 bits per heavy atom. The van der Waals surface area contributed by atoms with Crippen molar-refractivity contribution >= 4 is 0 Å². The Bertz CT molecular complexity index is 705. The first-order valence-electron chi connectivity index (χ1n) is 10.6. The zero-order valence-corrected chi connectivity index (χ0v) is 16.5. The van der Waals surface area contributed by atoms with Gasteiger partial charge in [-0.2, -0.15) is 0 Å². The lowest BCUT2D eigenvalue weighted by Gasteiger charge is -2.28. The van der Waals surface area contributed by atoms with E-state index in [0.717, 1.165) is 17.2 Å². The van der Waals surface area contributed by atoms with E-state index in [1.165, 1.54) is 63.0 Å². The number of aromatic nitrogens is 1. The highest BCUT2D eigenvalue weighted by Crippen LogP contribution is 2.37. The first-order valence-corrected chi connectivity index (χ1v) is 10.6. The molecule has 27 heavy (non-hydrogen) atoms. The summed E-state index contributed by atoms with van der Waals surface area (Å²) in [7, 11) is 0. The fraction of sp³-hybridized carbons (Fsp3) is 0.542. The van der Waals surface area contributed by atoms with E-state index >= 15 is 0 Å². The molecule has 3 heteroatoms. The van der Waals surface area contributed by atoms with Crippen LogP contribution in [0.3, 0.4) is 0 Å². The van der Waals surface area contributed by atoms with Crippen LogP contribution in [0.5, 0.6) is 0 Å². The minimum atomic E-state index is -0.270. The second kappa shape index (κ2) is 9.98. The van der Waals surface area contributed by atoms with Gasteiger partial charge in [0.1, 0.15) is 5.82 Å². The fourth-order valence-corrected chi connectivity index (χ4v) is 4.31. The summed E-state index contributed by atoms with van der Waals surface area (Å²) in [6.45, 7) is 2.23. The third-order valence-corrected chi connectivity index (χ3v) is 6.05. The molecule has 146 valence electrons. The number of halogens is 1. The van der Waals surface area contributed by atoms with Crippen LogP contribution in [0.15, 0.2) is 36.5 Å². The Morgan fingerprint density at radius 3 is 2.52 bits per heavy atom. The molecule has 1 N–H and O–H groups in total. The summed E-state index contributed by atoms with van der Waals surface area (Å²) < 4.78 is 14.1. The maximum Gasteiger partial charge on any atom is 0.127 e. The molecule has 2 nitrogen and oxygen atoms in total. The van der Waals surface area contributed by atoms with Gasteiger partial charge in [0.15, 0.2) is 0 Å². The van der Waals surface area contributed by atoms with Crippen molar-refractivity contribution in [2.24, 2.45) is 5.92 Å². The van der Waals surface area contributed by atoms with Gasteiger partial charge in [-0.05, 0) is 67.2 Å². The van der Waals surface area contributed by atoms with Crippen LogP contribution in [0.1, 0.15) is 75.3 Å². The first kappa shape index (κ1) is 20.0. The summed E-state index contributed by atoms with van der Waals surface area (Å²) in [5, 5.41) is 8.98. The molecule has 1 aromatic heterocycles. The maximum atomic E-state index is 14.1. The number of benzene rings is 1. The van der Waals surface area contributed by atoms with E-state index in [4.69, 9.17) is 5.11 Å². The number of unbranched alkanes of at least 4 members (excludes halogenated alkanes) is 2. The van der Waals surface area contributed by atoms with Gasteiger partial charge in [0.05, 0.1) is 5.69 Å². The number of rotatable bonds is 8. The second-order valence-corrected chi connectivity index (χ2v) is 7.97. The average Bonchev–Trinajstić information content (AvgIpc) is 2.71. The summed E-state index contributed by atoms with van der Waals surface area (Å²) in [6.07, 6.45) is 13.0. The second-order valence-electron chi connectivity index (χ2n) is 7.97. The van der Waals surface area contributed by atoms with Gasteiger partial charge >= 0.3 is 0 Å². The number of pyridine rings is 1. The van der Waals surface area contributed by atoms with Crippen molar-refractivity contribution in [3.63, 3.8) is 0 Å². The minimum absolute atomic E-state index is 0.0376. The van der Waals surface area contributed by atoms with E-state index < -0.39 is 0 Å². The Balaban J connectivity index is 1.59. The zero-order chi connectivity index (χ0) is 19.1. The third-order valence-electron chi connectivity index (χ3n) is 6.05. The van der Waals surface area contributed by atoms with Crippen LogP contribution < -0.4 is 0 Å². The SMILES string of the molecule is CCCCCC1CCC(c2ccc(-c3ccc(CCO)c(F)c3)nc2)CC1. The monoisotopic (exact) mass is 369 g/mol. The van der Waals surface area contributed by atoms with Crippen molar-refractivity contribution in [3.8, 4) is 11.3 Å². The molecule has 1 aromatic carbocycles. The van der Waals surface area contributed by atoms with E-state index in [2.05, 4.69) is 18.0 Å². The maximum absolute atomic E-state index is 14.1. The van der Waals surface area contributed by atoms with E-state index in [1.807, 2.05) is 18.3 Å². The third kappa shape index (κ3) is 5.38. The predicted octanol–water partition coefficient (Wildman–Crippen LogP) is 6.28. The first-order chi connectivity index (χ1) is 13.2.